The molecule has 53 heavy (non-hydrogen) atoms. The van der Waals surface area contributed by atoms with Crippen LogP contribution in [0.1, 0.15) is 47.1 Å². The Morgan fingerprint density at radius 3 is 1.15 bits per heavy atom. The lowest BCUT2D eigenvalue weighted by molar-refractivity contribution is -0.223. The highest BCUT2D eigenvalue weighted by atomic mass is 35.7. The molecule has 0 aliphatic heterocycles. The highest BCUT2D eigenvalue weighted by Gasteiger charge is 2.41. The maximum Gasteiger partial charge on any atom is 0.414 e. The van der Waals surface area contributed by atoms with E-state index >= 15 is 0 Å². The van der Waals surface area contributed by atoms with Gasteiger partial charge < -0.3 is 9.84 Å². The summed E-state index contributed by atoms with van der Waals surface area (Å²) in [7, 11) is -0.549. The van der Waals surface area contributed by atoms with E-state index in [9.17, 15) is 78.7 Å². The minimum absolute atomic E-state index is 0. The van der Waals surface area contributed by atoms with Crippen LogP contribution in [0.25, 0.3) is 0 Å². The maximum atomic E-state index is 13.3. The summed E-state index contributed by atoms with van der Waals surface area (Å²) in [6, 6.07) is 0. The molecule has 0 radical (unpaired) electrons. The minimum Gasteiger partial charge on any atom is -0.383 e. The normalized spacial score (nSPS) is 12.4. The number of alkyl halides is 9. The maximum absolute atomic E-state index is 13.3. The lowest BCUT2D eigenvalue weighted by Crippen LogP contribution is -2.32. The third-order valence-corrected chi connectivity index (χ3v) is 6.27. The van der Waals surface area contributed by atoms with E-state index < -0.39 is 126 Å². The average molecular weight is 906 g/mol. The van der Waals surface area contributed by atoms with Gasteiger partial charge in [-0.2, -0.15) is 26.3 Å². The molecule has 2 rings (SSSR count). The van der Waals surface area contributed by atoms with Crippen LogP contribution in [0.5, 0.6) is 0 Å². The first-order valence-corrected chi connectivity index (χ1v) is 15.9. The second kappa shape index (κ2) is 23.7. The zero-order chi connectivity index (χ0) is 41.1. The molecule has 0 aliphatic rings. The van der Waals surface area contributed by atoms with Gasteiger partial charge in [-0.15, -0.1) is 13.2 Å². The van der Waals surface area contributed by atoms with E-state index in [0.29, 0.717) is 5.57 Å². The molecule has 0 heterocycles. The number of hydrogen-bond acceptors (Lipinski definition) is 4. The van der Waals surface area contributed by atoms with Crippen molar-refractivity contribution in [3.8, 4) is 0 Å². The number of aliphatic hydroxyl groups is 1. The van der Waals surface area contributed by atoms with E-state index in [0.717, 1.165) is 0 Å². The molecule has 310 valence electrons. The third-order valence-electron chi connectivity index (χ3n) is 4.96. The zero-order valence-corrected chi connectivity index (χ0v) is 28.7. The fourth-order valence-corrected chi connectivity index (χ4v) is 3.81. The highest BCUT2D eigenvalue weighted by molar-refractivity contribution is 8.13. The minimum atomic E-state index is -5.05. The Morgan fingerprint density at radius 1 is 0.642 bits per heavy atom. The van der Waals surface area contributed by atoms with Gasteiger partial charge in [0.1, 0.15) is 0 Å². The number of aliphatic hydroxyl groups excluding tert-OH is 1. The second-order valence-corrected chi connectivity index (χ2v) is 13.8. The van der Waals surface area contributed by atoms with Crippen LogP contribution in [0.15, 0.2) is 29.2 Å². The molecular weight excluding hydrogens is 878 g/mol. The van der Waals surface area contributed by atoms with Gasteiger partial charge in [-0.3, -0.25) is 0 Å². The van der Waals surface area contributed by atoms with Crippen LogP contribution in [-0.4, -0.2) is 42.4 Å². The first-order chi connectivity index (χ1) is 22.7. The number of hydrogen-bond donors (Lipinski definition) is 1. The Kier molecular flexibility index (Phi) is 25.7. The second-order valence-electron chi connectivity index (χ2n) is 9.35. The van der Waals surface area contributed by atoms with Crippen molar-refractivity contribution < 1.29 is 88.5 Å². The van der Waals surface area contributed by atoms with Gasteiger partial charge in [0.15, 0.2) is 67.9 Å². The van der Waals surface area contributed by atoms with Crippen LogP contribution in [-0.2, 0) is 20.4 Å². The lowest BCUT2D eigenvalue weighted by Gasteiger charge is -2.21. The topological polar surface area (TPSA) is 63.6 Å². The molecule has 0 saturated heterocycles. The van der Waals surface area contributed by atoms with Gasteiger partial charge in [0.05, 0.1) is 12.2 Å². The van der Waals surface area contributed by atoms with Gasteiger partial charge >= 0.3 is 12.4 Å². The average Bonchev–Trinajstić information content (AvgIpc) is 2.94. The Morgan fingerprint density at radius 2 is 0.925 bits per heavy atom. The van der Waals surface area contributed by atoms with Crippen LogP contribution in [0.4, 0.5) is 70.2 Å². The molecule has 0 spiro atoms. The van der Waals surface area contributed by atoms with Crippen molar-refractivity contribution in [2.45, 2.75) is 81.9 Å². The summed E-state index contributed by atoms with van der Waals surface area (Å²) >= 11 is 14.4. The predicted octanol–water partition coefficient (Wildman–Crippen LogP) is 12.2. The number of halogens is 20. The van der Waals surface area contributed by atoms with E-state index in [1.807, 2.05) is 0 Å². The van der Waals surface area contributed by atoms with Crippen molar-refractivity contribution >= 4 is 54.5 Å². The summed E-state index contributed by atoms with van der Waals surface area (Å²) in [6.07, 6.45) is -15.3. The molecule has 0 fully saturated rings. The molecule has 0 saturated carbocycles. The monoisotopic (exact) mass is 904 g/mol. The summed E-state index contributed by atoms with van der Waals surface area (Å²) < 4.78 is 225. The van der Waals surface area contributed by atoms with E-state index in [1.165, 1.54) is 13.8 Å². The largest absolute Gasteiger partial charge is 0.414 e. The van der Waals surface area contributed by atoms with Crippen molar-refractivity contribution in [1.29, 1.82) is 0 Å². The lowest BCUT2D eigenvalue weighted by atomic mass is 10.1. The molecule has 2 atom stereocenters. The van der Waals surface area contributed by atoms with Crippen molar-refractivity contribution in [1.82, 2.24) is 0 Å². The van der Waals surface area contributed by atoms with E-state index in [-0.39, 0.29) is 20.4 Å². The summed E-state index contributed by atoms with van der Waals surface area (Å²) in [6.45, 7) is 7.77. The number of ether oxygens (including phenoxy) is 1. The van der Waals surface area contributed by atoms with Gasteiger partial charge in [-0.1, -0.05) is 60.8 Å². The number of benzene rings is 2. The molecule has 0 aromatic heterocycles. The molecule has 2 aromatic rings. The van der Waals surface area contributed by atoms with Crippen molar-refractivity contribution in [2.75, 3.05) is 0 Å². The zero-order valence-electron chi connectivity index (χ0n) is 24.9. The highest BCUT2D eigenvalue weighted by Crippen LogP contribution is 2.31. The molecular formula is C28H28Cl4F16O4S. The van der Waals surface area contributed by atoms with Gasteiger partial charge in [0, 0.05) is 23.5 Å². The summed E-state index contributed by atoms with van der Waals surface area (Å²) in [5.41, 5.74) is -1.07. The van der Waals surface area contributed by atoms with Crippen molar-refractivity contribution in [2.24, 2.45) is 0 Å². The van der Waals surface area contributed by atoms with Gasteiger partial charge in [0.2, 0.25) is 11.6 Å². The smallest absolute Gasteiger partial charge is 0.383 e. The van der Waals surface area contributed by atoms with Crippen LogP contribution in [0.2, 0.25) is 0 Å². The summed E-state index contributed by atoms with van der Waals surface area (Å²) in [5.74, 6) is -23.5. The standard InChI is InChI=1S/C13H10F8O.C6ClF5O2S.C6H9F3O.CHCl3.2CH4/c1-5(2)3-7(13(19,20)21)22-4-6-8(14)10(16)12(18)11(17)9(6)15;7-15(13,14)6-4(11)2(9)1(8)3(10)5(6)12;1-4(2)3-5(10)6(7,8)9;2-1(3)4;;/h7H,1,3-4H2,2H3;;5,10H,1,3H2,2H3;1H;2*1H4. The summed E-state index contributed by atoms with van der Waals surface area (Å²) in [4.78, 5) is -2.06. The molecule has 0 amide bonds. The van der Waals surface area contributed by atoms with E-state index in [4.69, 9.17) is 39.9 Å². The number of rotatable bonds is 8. The first-order valence-electron chi connectivity index (χ1n) is 12.3. The Labute approximate surface area is 312 Å². The quantitative estimate of drug-likeness (QED) is 0.0716. The molecule has 2 aromatic carbocycles. The Bertz CT molecular complexity index is 1580. The fourth-order valence-electron chi connectivity index (χ4n) is 2.79. The predicted molar refractivity (Wildman–Crippen MR) is 166 cm³/mol. The molecule has 1 N–H and O–H groups in total. The Balaban J connectivity index is -0.000000337. The van der Waals surface area contributed by atoms with E-state index in [2.05, 4.69) is 28.6 Å². The van der Waals surface area contributed by atoms with Gasteiger partial charge in [-0.25, -0.2) is 52.3 Å². The van der Waals surface area contributed by atoms with Crippen LogP contribution in [0.3, 0.4) is 0 Å². The van der Waals surface area contributed by atoms with Crippen LogP contribution in [0, 0.1) is 58.2 Å². The third kappa shape index (κ3) is 19.3. The Hall–Kier alpha value is -2.17. The van der Waals surface area contributed by atoms with E-state index in [1.54, 1.807) is 0 Å². The molecule has 4 nitrogen and oxygen atoms in total. The van der Waals surface area contributed by atoms with Crippen molar-refractivity contribution in [3.63, 3.8) is 0 Å². The van der Waals surface area contributed by atoms with Crippen LogP contribution >= 0.6 is 45.5 Å². The van der Waals surface area contributed by atoms with Crippen molar-refractivity contribution in [3.05, 3.63) is 88.0 Å². The fraction of sp³-hybridized carbons (Fsp3) is 0.429. The molecule has 0 bridgehead atoms. The molecule has 25 heteroatoms. The summed E-state index contributed by atoms with van der Waals surface area (Å²) in [5, 5.41) is 8.37. The van der Waals surface area contributed by atoms with Crippen LogP contribution < -0.4 is 0 Å². The molecule has 0 aliphatic carbocycles. The van der Waals surface area contributed by atoms with Gasteiger partial charge in [0.25, 0.3) is 9.05 Å². The van der Waals surface area contributed by atoms with Gasteiger partial charge in [-0.05, 0) is 13.8 Å². The first kappa shape index (κ1) is 57.6. The SMILES string of the molecule is C.C.C=C(C)CC(O)C(F)(F)F.C=C(C)CC(OCc1c(F)c(F)c(F)c(F)c1F)C(F)(F)F.ClC(Cl)Cl.O=S(=O)(Cl)c1c(F)c(F)c(F)c(F)c1F. The molecule has 2 unspecified atom stereocenters.